The Morgan fingerprint density at radius 1 is 1.26 bits per heavy atom. The molecule has 0 spiro atoms. The van der Waals surface area contributed by atoms with Gasteiger partial charge in [-0.15, -0.1) is 0 Å². The highest BCUT2D eigenvalue weighted by molar-refractivity contribution is 7.92. The van der Waals surface area contributed by atoms with Crippen LogP contribution in [0.4, 0.5) is 22.0 Å². The van der Waals surface area contributed by atoms with Gasteiger partial charge in [0.05, 0.1) is 18.4 Å². The molecule has 0 amide bonds. The van der Waals surface area contributed by atoms with Crippen LogP contribution in [0, 0.1) is 11.3 Å². The standard InChI is InChI=1S/C9H12F5NO3S/c1-18-4-5-19(16,17)7(6-15)2-3-8(10,11)9(12,13)14/h7H,2-5H2,1H3. The van der Waals surface area contributed by atoms with Crippen LogP contribution < -0.4 is 0 Å². The molecule has 0 saturated heterocycles. The van der Waals surface area contributed by atoms with Gasteiger partial charge in [0.15, 0.2) is 9.84 Å². The molecule has 0 aliphatic heterocycles. The molecule has 0 saturated carbocycles. The maximum absolute atomic E-state index is 12.6. The van der Waals surface area contributed by atoms with Crippen molar-refractivity contribution >= 4 is 9.84 Å². The number of methoxy groups -OCH3 is 1. The Bertz CT molecular complexity index is 426. The number of alkyl halides is 5. The summed E-state index contributed by atoms with van der Waals surface area (Å²) >= 11 is 0. The van der Waals surface area contributed by atoms with Gasteiger partial charge in [0, 0.05) is 13.5 Å². The van der Waals surface area contributed by atoms with E-state index in [1.807, 2.05) is 0 Å². The van der Waals surface area contributed by atoms with Crippen molar-refractivity contribution < 1.29 is 35.1 Å². The lowest BCUT2D eigenvalue weighted by Crippen LogP contribution is -2.38. The van der Waals surface area contributed by atoms with Crippen LogP contribution in [0.2, 0.25) is 0 Å². The van der Waals surface area contributed by atoms with Crippen LogP contribution >= 0.6 is 0 Å². The van der Waals surface area contributed by atoms with E-state index in [1.165, 1.54) is 13.2 Å². The summed E-state index contributed by atoms with van der Waals surface area (Å²) in [5, 5.41) is 6.66. The second-order valence-corrected chi connectivity index (χ2v) is 6.02. The van der Waals surface area contributed by atoms with Crippen LogP contribution in [0.1, 0.15) is 12.8 Å². The van der Waals surface area contributed by atoms with Crippen molar-refractivity contribution in [1.29, 1.82) is 5.26 Å². The molecule has 0 aromatic carbocycles. The zero-order chi connectivity index (χ0) is 15.3. The number of sulfone groups is 1. The maximum atomic E-state index is 12.6. The van der Waals surface area contributed by atoms with Crippen molar-refractivity contribution in [2.24, 2.45) is 0 Å². The summed E-state index contributed by atoms with van der Waals surface area (Å²) in [5.41, 5.74) is 0. The van der Waals surface area contributed by atoms with E-state index in [2.05, 4.69) is 4.74 Å². The van der Waals surface area contributed by atoms with E-state index < -0.39 is 45.8 Å². The molecule has 0 fully saturated rings. The van der Waals surface area contributed by atoms with E-state index in [0.29, 0.717) is 0 Å². The molecule has 0 aromatic heterocycles. The van der Waals surface area contributed by atoms with Gasteiger partial charge in [0.1, 0.15) is 5.25 Å². The molecule has 0 heterocycles. The lowest BCUT2D eigenvalue weighted by atomic mass is 10.1. The third kappa shape index (κ3) is 5.28. The van der Waals surface area contributed by atoms with Crippen LogP contribution in [0.15, 0.2) is 0 Å². The molecule has 19 heavy (non-hydrogen) atoms. The first-order valence-electron chi connectivity index (χ1n) is 5.02. The van der Waals surface area contributed by atoms with Gasteiger partial charge in [-0.3, -0.25) is 0 Å². The molecule has 0 bridgehead atoms. The van der Waals surface area contributed by atoms with Gasteiger partial charge in [0.2, 0.25) is 0 Å². The maximum Gasteiger partial charge on any atom is 0.453 e. The molecular weight excluding hydrogens is 297 g/mol. The van der Waals surface area contributed by atoms with Gasteiger partial charge in [-0.2, -0.15) is 27.2 Å². The third-order valence-corrected chi connectivity index (χ3v) is 4.23. The third-order valence-electron chi connectivity index (χ3n) is 2.28. The summed E-state index contributed by atoms with van der Waals surface area (Å²) in [5.74, 6) is -5.63. The second-order valence-electron chi connectivity index (χ2n) is 3.72. The van der Waals surface area contributed by atoms with Crippen LogP contribution in [-0.4, -0.2) is 45.2 Å². The first-order valence-corrected chi connectivity index (χ1v) is 6.74. The average Bonchev–Trinajstić information content (AvgIpc) is 2.25. The summed E-state index contributed by atoms with van der Waals surface area (Å²) < 4.78 is 88.3. The Morgan fingerprint density at radius 3 is 2.16 bits per heavy atom. The van der Waals surface area contributed by atoms with Gasteiger partial charge in [-0.05, 0) is 6.42 Å². The van der Waals surface area contributed by atoms with Gasteiger partial charge >= 0.3 is 12.1 Å². The minimum absolute atomic E-state index is 0.268. The summed E-state index contributed by atoms with van der Waals surface area (Å²) in [6.45, 7) is -0.268. The largest absolute Gasteiger partial charge is 0.453 e. The number of hydrogen-bond donors (Lipinski definition) is 0. The van der Waals surface area contributed by atoms with Crippen LogP contribution in [-0.2, 0) is 14.6 Å². The lowest BCUT2D eigenvalue weighted by molar-refractivity contribution is -0.284. The molecule has 112 valence electrons. The Balaban J connectivity index is 4.74. The van der Waals surface area contributed by atoms with E-state index in [9.17, 15) is 30.4 Å². The van der Waals surface area contributed by atoms with Gasteiger partial charge in [-0.25, -0.2) is 8.42 Å². The summed E-state index contributed by atoms with van der Waals surface area (Å²) in [6.07, 6.45) is -8.60. The lowest BCUT2D eigenvalue weighted by Gasteiger charge is -2.20. The molecule has 0 aromatic rings. The molecule has 0 rings (SSSR count). The molecule has 1 atom stereocenters. The molecule has 4 nitrogen and oxygen atoms in total. The number of nitrogens with zero attached hydrogens (tertiary/aromatic N) is 1. The fourth-order valence-electron chi connectivity index (χ4n) is 1.12. The fourth-order valence-corrected chi connectivity index (χ4v) is 2.44. The Kier molecular flexibility index (Phi) is 6.15. The minimum atomic E-state index is -5.76. The van der Waals surface area contributed by atoms with Crippen LogP contribution in [0.3, 0.4) is 0 Å². The molecular formula is C9H12F5NO3S. The highest BCUT2D eigenvalue weighted by atomic mass is 32.2. The summed E-state index contributed by atoms with van der Waals surface area (Å²) in [4.78, 5) is 0. The smallest absolute Gasteiger partial charge is 0.384 e. The van der Waals surface area contributed by atoms with Gasteiger partial charge < -0.3 is 4.74 Å². The first kappa shape index (κ1) is 18.0. The van der Waals surface area contributed by atoms with E-state index in [0.717, 1.165) is 0 Å². The minimum Gasteiger partial charge on any atom is -0.384 e. The van der Waals surface area contributed by atoms with Gasteiger partial charge in [0.25, 0.3) is 0 Å². The SMILES string of the molecule is COCCS(=O)(=O)C(C#N)CCC(F)(F)C(F)(F)F. The number of nitriles is 1. The highest BCUT2D eigenvalue weighted by Crippen LogP contribution is 2.39. The summed E-state index contributed by atoms with van der Waals surface area (Å²) in [6, 6.07) is 1.23. The van der Waals surface area contributed by atoms with Crippen LogP contribution in [0.5, 0.6) is 0 Å². The molecule has 10 heteroatoms. The van der Waals surface area contributed by atoms with E-state index in [-0.39, 0.29) is 6.61 Å². The molecule has 0 aliphatic rings. The summed E-state index contributed by atoms with van der Waals surface area (Å²) in [7, 11) is -2.90. The molecule has 0 N–H and O–H groups in total. The topological polar surface area (TPSA) is 67.2 Å². The molecule has 0 radical (unpaired) electrons. The van der Waals surface area contributed by atoms with Crippen molar-refractivity contribution in [3.05, 3.63) is 0 Å². The normalized spacial score (nSPS) is 15.0. The van der Waals surface area contributed by atoms with Crippen molar-refractivity contribution in [2.45, 2.75) is 30.2 Å². The van der Waals surface area contributed by atoms with Crippen molar-refractivity contribution in [3.8, 4) is 6.07 Å². The first-order chi connectivity index (χ1) is 8.48. The molecule has 1 unspecified atom stereocenters. The Morgan fingerprint density at radius 2 is 1.79 bits per heavy atom. The number of rotatable bonds is 7. The zero-order valence-electron chi connectivity index (χ0n) is 9.88. The van der Waals surface area contributed by atoms with Crippen molar-refractivity contribution in [2.75, 3.05) is 19.5 Å². The van der Waals surface area contributed by atoms with Crippen molar-refractivity contribution in [1.82, 2.24) is 0 Å². The number of hydrogen-bond acceptors (Lipinski definition) is 4. The van der Waals surface area contributed by atoms with E-state index >= 15 is 0 Å². The van der Waals surface area contributed by atoms with E-state index in [4.69, 9.17) is 5.26 Å². The Hall–Kier alpha value is -0.950. The number of ether oxygens (including phenoxy) is 1. The number of halogens is 5. The monoisotopic (exact) mass is 309 g/mol. The predicted octanol–water partition coefficient (Wildman–Crippen LogP) is 1.92. The fraction of sp³-hybridized carbons (Fsp3) is 0.889. The highest BCUT2D eigenvalue weighted by Gasteiger charge is 2.57. The zero-order valence-corrected chi connectivity index (χ0v) is 10.7. The van der Waals surface area contributed by atoms with Crippen LogP contribution in [0.25, 0.3) is 0 Å². The molecule has 0 aliphatic carbocycles. The Labute approximate surface area is 107 Å². The quantitative estimate of drug-likeness (QED) is 0.674. The second kappa shape index (κ2) is 6.47. The predicted molar refractivity (Wildman–Crippen MR) is 55.3 cm³/mol. The van der Waals surface area contributed by atoms with Gasteiger partial charge in [-0.1, -0.05) is 0 Å². The van der Waals surface area contributed by atoms with E-state index in [1.54, 1.807) is 0 Å². The van der Waals surface area contributed by atoms with Crippen molar-refractivity contribution in [3.63, 3.8) is 0 Å². The average molecular weight is 309 g/mol.